The fraction of sp³-hybridized carbons (Fsp3) is 0.333. The number of rotatable bonds is 4. The van der Waals surface area contributed by atoms with E-state index in [0.717, 1.165) is 35.1 Å². The molecule has 0 bridgehead atoms. The fourth-order valence-electron chi connectivity index (χ4n) is 1.93. The lowest BCUT2D eigenvalue weighted by Crippen LogP contribution is -2.25. The van der Waals surface area contributed by atoms with Crippen LogP contribution in [0.25, 0.3) is 10.9 Å². The zero-order chi connectivity index (χ0) is 13.0. The molecular weight excluding hydrogens is 224 g/mol. The van der Waals surface area contributed by atoms with Gasteiger partial charge in [-0.1, -0.05) is 31.2 Å². The first-order valence-corrected chi connectivity index (χ1v) is 6.32. The van der Waals surface area contributed by atoms with E-state index in [9.17, 15) is 4.79 Å². The van der Waals surface area contributed by atoms with E-state index in [0.29, 0.717) is 6.42 Å². The molecule has 0 aliphatic carbocycles. The van der Waals surface area contributed by atoms with Gasteiger partial charge in [-0.2, -0.15) is 0 Å². The van der Waals surface area contributed by atoms with E-state index < -0.39 is 0 Å². The third kappa shape index (κ3) is 2.86. The second-order valence-electron chi connectivity index (χ2n) is 4.48. The Morgan fingerprint density at radius 1 is 1.28 bits per heavy atom. The van der Waals surface area contributed by atoms with Crippen LogP contribution in [-0.2, 0) is 11.2 Å². The van der Waals surface area contributed by atoms with Gasteiger partial charge in [-0.3, -0.25) is 9.78 Å². The Labute approximate surface area is 107 Å². The minimum atomic E-state index is 0.0392. The van der Waals surface area contributed by atoms with Gasteiger partial charge in [-0.25, -0.2) is 0 Å². The molecule has 1 aromatic heterocycles. The summed E-state index contributed by atoms with van der Waals surface area (Å²) >= 11 is 0. The standard InChI is InChI=1S/C15H18N2O/c1-3-9-16-14(18)10-13-8-7-12-6-4-5-11(2)15(12)17-13/h4-8H,3,9-10H2,1-2H3,(H,16,18). The van der Waals surface area contributed by atoms with Crippen molar-refractivity contribution in [3.05, 3.63) is 41.6 Å². The minimum absolute atomic E-state index is 0.0392. The molecule has 3 heteroatoms. The SMILES string of the molecule is CCCNC(=O)Cc1ccc2cccc(C)c2n1. The average molecular weight is 242 g/mol. The third-order valence-corrected chi connectivity index (χ3v) is 2.89. The lowest BCUT2D eigenvalue weighted by atomic mass is 10.1. The van der Waals surface area contributed by atoms with E-state index >= 15 is 0 Å². The zero-order valence-electron chi connectivity index (χ0n) is 10.9. The van der Waals surface area contributed by atoms with Gasteiger partial charge in [-0.15, -0.1) is 0 Å². The molecule has 3 nitrogen and oxygen atoms in total. The summed E-state index contributed by atoms with van der Waals surface area (Å²) in [7, 11) is 0. The van der Waals surface area contributed by atoms with Crippen LogP contribution in [0.1, 0.15) is 24.6 Å². The van der Waals surface area contributed by atoms with Gasteiger partial charge in [0.25, 0.3) is 0 Å². The normalized spacial score (nSPS) is 10.6. The van der Waals surface area contributed by atoms with Gasteiger partial charge in [-0.05, 0) is 25.0 Å². The first-order valence-electron chi connectivity index (χ1n) is 6.32. The molecule has 0 aliphatic rings. The lowest BCUT2D eigenvalue weighted by molar-refractivity contribution is -0.120. The molecule has 0 fully saturated rings. The first kappa shape index (κ1) is 12.6. The van der Waals surface area contributed by atoms with E-state index in [1.807, 2.05) is 44.2 Å². The molecule has 0 atom stereocenters. The second-order valence-corrected chi connectivity index (χ2v) is 4.48. The lowest BCUT2D eigenvalue weighted by Gasteiger charge is -2.06. The summed E-state index contributed by atoms with van der Waals surface area (Å²) in [5, 5.41) is 3.98. The van der Waals surface area contributed by atoms with Crippen LogP contribution in [0.5, 0.6) is 0 Å². The number of nitrogens with zero attached hydrogens (tertiary/aromatic N) is 1. The van der Waals surface area contributed by atoms with Crippen molar-refractivity contribution in [2.24, 2.45) is 0 Å². The molecule has 1 amide bonds. The van der Waals surface area contributed by atoms with Crippen LogP contribution in [0.4, 0.5) is 0 Å². The Morgan fingerprint density at radius 3 is 2.89 bits per heavy atom. The van der Waals surface area contributed by atoms with E-state index in [1.54, 1.807) is 0 Å². The van der Waals surface area contributed by atoms with Gasteiger partial charge in [0, 0.05) is 11.9 Å². The molecular formula is C15H18N2O. The maximum Gasteiger partial charge on any atom is 0.226 e. The summed E-state index contributed by atoms with van der Waals surface area (Å²) in [4.78, 5) is 16.2. The van der Waals surface area contributed by atoms with Crippen molar-refractivity contribution < 1.29 is 4.79 Å². The van der Waals surface area contributed by atoms with Gasteiger partial charge >= 0.3 is 0 Å². The Morgan fingerprint density at radius 2 is 2.11 bits per heavy atom. The van der Waals surface area contributed by atoms with E-state index in [1.165, 1.54) is 0 Å². The van der Waals surface area contributed by atoms with Crippen molar-refractivity contribution in [2.45, 2.75) is 26.7 Å². The predicted octanol–water partition coefficient (Wildman–Crippen LogP) is 2.61. The summed E-state index contributed by atoms with van der Waals surface area (Å²) in [5.41, 5.74) is 2.95. The van der Waals surface area contributed by atoms with Crippen molar-refractivity contribution in [3.63, 3.8) is 0 Å². The number of aromatic nitrogens is 1. The Bertz CT molecular complexity index is 563. The smallest absolute Gasteiger partial charge is 0.226 e. The summed E-state index contributed by atoms with van der Waals surface area (Å²) < 4.78 is 0. The van der Waals surface area contributed by atoms with Crippen molar-refractivity contribution >= 4 is 16.8 Å². The summed E-state index contributed by atoms with van der Waals surface area (Å²) in [6, 6.07) is 10.0. The molecule has 0 aliphatic heterocycles. The number of benzene rings is 1. The van der Waals surface area contributed by atoms with Crippen LogP contribution in [0, 0.1) is 6.92 Å². The highest BCUT2D eigenvalue weighted by Gasteiger charge is 2.05. The third-order valence-electron chi connectivity index (χ3n) is 2.89. The number of amides is 1. The van der Waals surface area contributed by atoms with E-state index in [4.69, 9.17) is 0 Å². The number of hydrogen-bond acceptors (Lipinski definition) is 2. The predicted molar refractivity (Wildman–Crippen MR) is 73.5 cm³/mol. The molecule has 1 heterocycles. The van der Waals surface area contributed by atoms with Crippen molar-refractivity contribution in [2.75, 3.05) is 6.54 Å². The summed E-state index contributed by atoms with van der Waals surface area (Å²) in [5.74, 6) is 0.0392. The summed E-state index contributed by atoms with van der Waals surface area (Å²) in [6.45, 7) is 4.81. The van der Waals surface area contributed by atoms with E-state index in [-0.39, 0.29) is 5.91 Å². The maximum absolute atomic E-state index is 11.6. The number of carbonyl (C=O) groups excluding carboxylic acids is 1. The molecule has 0 saturated carbocycles. The Kier molecular flexibility index (Phi) is 3.92. The van der Waals surface area contributed by atoms with Crippen molar-refractivity contribution in [1.29, 1.82) is 0 Å². The highest BCUT2D eigenvalue weighted by Crippen LogP contribution is 2.16. The monoisotopic (exact) mass is 242 g/mol. The number of aryl methyl sites for hydroxylation is 1. The zero-order valence-corrected chi connectivity index (χ0v) is 10.9. The highest BCUT2D eigenvalue weighted by atomic mass is 16.1. The van der Waals surface area contributed by atoms with Gasteiger partial charge < -0.3 is 5.32 Å². The topological polar surface area (TPSA) is 42.0 Å². The Balaban J connectivity index is 2.19. The molecule has 0 spiro atoms. The van der Waals surface area contributed by atoms with E-state index in [2.05, 4.69) is 10.3 Å². The fourth-order valence-corrected chi connectivity index (χ4v) is 1.93. The van der Waals surface area contributed by atoms with Crippen LogP contribution in [0.2, 0.25) is 0 Å². The second kappa shape index (κ2) is 5.63. The highest BCUT2D eigenvalue weighted by molar-refractivity contribution is 5.83. The molecule has 0 saturated heterocycles. The minimum Gasteiger partial charge on any atom is -0.356 e. The van der Waals surface area contributed by atoms with Gasteiger partial charge in [0.2, 0.25) is 5.91 Å². The van der Waals surface area contributed by atoms with Crippen LogP contribution in [0.3, 0.4) is 0 Å². The molecule has 94 valence electrons. The number of carbonyl (C=O) groups is 1. The number of nitrogens with one attached hydrogen (secondary N) is 1. The van der Waals surface area contributed by atoms with Crippen LogP contribution < -0.4 is 5.32 Å². The number of pyridine rings is 1. The number of fused-ring (bicyclic) bond motifs is 1. The van der Waals surface area contributed by atoms with Crippen molar-refractivity contribution in [1.82, 2.24) is 10.3 Å². The average Bonchev–Trinajstić information content (AvgIpc) is 2.37. The van der Waals surface area contributed by atoms with Gasteiger partial charge in [0.15, 0.2) is 0 Å². The number of para-hydroxylation sites is 1. The summed E-state index contributed by atoms with van der Waals surface area (Å²) in [6.07, 6.45) is 1.31. The van der Waals surface area contributed by atoms with Crippen molar-refractivity contribution in [3.8, 4) is 0 Å². The van der Waals surface area contributed by atoms with Crippen LogP contribution >= 0.6 is 0 Å². The van der Waals surface area contributed by atoms with Gasteiger partial charge in [0.1, 0.15) is 0 Å². The van der Waals surface area contributed by atoms with Crippen LogP contribution in [0.15, 0.2) is 30.3 Å². The molecule has 1 N–H and O–H groups in total. The molecule has 0 radical (unpaired) electrons. The molecule has 2 aromatic rings. The molecule has 18 heavy (non-hydrogen) atoms. The van der Waals surface area contributed by atoms with Gasteiger partial charge in [0.05, 0.1) is 17.6 Å². The maximum atomic E-state index is 11.6. The number of hydrogen-bond donors (Lipinski definition) is 1. The quantitative estimate of drug-likeness (QED) is 0.895. The first-order chi connectivity index (χ1) is 8.70. The Hall–Kier alpha value is -1.90. The molecule has 2 rings (SSSR count). The molecule has 1 aromatic carbocycles. The molecule has 0 unspecified atom stereocenters. The van der Waals surface area contributed by atoms with Crippen LogP contribution in [-0.4, -0.2) is 17.4 Å². The largest absolute Gasteiger partial charge is 0.356 e.